The van der Waals surface area contributed by atoms with E-state index in [9.17, 15) is 0 Å². The van der Waals surface area contributed by atoms with Gasteiger partial charge in [-0.2, -0.15) is 0 Å². The highest BCUT2D eigenvalue weighted by atomic mass is 15.2. The lowest BCUT2D eigenvalue weighted by molar-refractivity contribution is 0.566. The highest BCUT2D eigenvalue weighted by molar-refractivity contribution is 5.99. The minimum absolute atomic E-state index is 0.0942. The number of aromatic nitrogens is 2. The van der Waals surface area contributed by atoms with Gasteiger partial charge in [-0.25, -0.2) is 9.97 Å². The van der Waals surface area contributed by atoms with Gasteiger partial charge in [0, 0.05) is 34.3 Å². The van der Waals surface area contributed by atoms with Crippen LogP contribution in [0.4, 0.5) is 34.4 Å². The maximum Gasteiger partial charge on any atom is 0.138 e. The van der Waals surface area contributed by atoms with Gasteiger partial charge >= 0.3 is 0 Å². The first-order valence-corrected chi connectivity index (χ1v) is 14.5. The van der Waals surface area contributed by atoms with Crippen LogP contribution < -0.4 is 9.80 Å². The minimum Gasteiger partial charge on any atom is -0.309 e. The monoisotopic (exact) mass is 534 g/mol. The Bertz CT molecular complexity index is 1740. The molecule has 0 amide bonds. The molecule has 41 heavy (non-hydrogen) atoms. The third-order valence-electron chi connectivity index (χ3n) is 9.89. The predicted molar refractivity (Wildman–Crippen MR) is 168 cm³/mol. The van der Waals surface area contributed by atoms with E-state index < -0.39 is 0 Å². The second kappa shape index (κ2) is 7.85. The summed E-state index contributed by atoms with van der Waals surface area (Å²) in [6.07, 6.45) is 3.71. The minimum atomic E-state index is -0.211. The number of rotatable bonds is 3. The van der Waals surface area contributed by atoms with E-state index in [-0.39, 0.29) is 16.2 Å². The third-order valence-corrected chi connectivity index (χ3v) is 9.89. The summed E-state index contributed by atoms with van der Waals surface area (Å²) in [6, 6.07) is 30.8. The predicted octanol–water partition coefficient (Wildman–Crippen LogP) is 9.33. The Kier molecular flexibility index (Phi) is 4.66. The molecule has 202 valence electrons. The highest BCUT2D eigenvalue weighted by Gasteiger charge is 2.51. The lowest BCUT2D eigenvalue weighted by atomic mass is 9.61. The van der Waals surface area contributed by atoms with Gasteiger partial charge in [0.2, 0.25) is 0 Å². The number of anilines is 6. The van der Waals surface area contributed by atoms with Crippen molar-refractivity contribution in [2.45, 2.75) is 57.8 Å². The zero-order chi connectivity index (χ0) is 28.3. The molecule has 2 aromatic heterocycles. The molecule has 0 unspecified atom stereocenters. The van der Waals surface area contributed by atoms with Crippen molar-refractivity contribution >= 4 is 34.4 Å². The summed E-state index contributed by atoms with van der Waals surface area (Å²) < 4.78 is 0. The van der Waals surface area contributed by atoms with Gasteiger partial charge in [0.1, 0.15) is 11.6 Å². The molecule has 0 fully saturated rings. The average molecular weight is 535 g/mol. The molecule has 0 spiro atoms. The molecule has 3 aliphatic rings. The van der Waals surface area contributed by atoms with E-state index in [0.29, 0.717) is 0 Å². The molecular weight excluding hydrogens is 500 g/mol. The second-order valence-electron chi connectivity index (χ2n) is 13.2. The molecule has 0 aliphatic carbocycles. The molecule has 3 aliphatic heterocycles. The van der Waals surface area contributed by atoms with Crippen LogP contribution >= 0.6 is 0 Å². The van der Waals surface area contributed by atoms with Crippen LogP contribution in [-0.2, 0) is 16.2 Å². The summed E-state index contributed by atoms with van der Waals surface area (Å²) in [7, 11) is 0. The fraction of sp³-hybridized carbons (Fsp3) is 0.243. The van der Waals surface area contributed by atoms with Gasteiger partial charge < -0.3 is 4.90 Å². The first-order valence-electron chi connectivity index (χ1n) is 14.5. The Hall–Kier alpha value is -4.44. The van der Waals surface area contributed by atoms with Crippen molar-refractivity contribution in [1.29, 1.82) is 0 Å². The lowest BCUT2D eigenvalue weighted by Crippen LogP contribution is -2.43. The Morgan fingerprint density at radius 2 is 0.878 bits per heavy atom. The summed E-state index contributed by atoms with van der Waals surface area (Å²) in [5.74, 6) is 1.70. The van der Waals surface area contributed by atoms with Crippen LogP contribution in [0.2, 0.25) is 0 Å². The van der Waals surface area contributed by atoms with Crippen molar-refractivity contribution < 1.29 is 0 Å². The zero-order valence-electron chi connectivity index (χ0n) is 24.5. The van der Waals surface area contributed by atoms with Gasteiger partial charge in [0.05, 0.1) is 17.1 Å². The van der Waals surface area contributed by atoms with E-state index in [4.69, 9.17) is 9.97 Å². The van der Waals surface area contributed by atoms with Crippen LogP contribution in [0.1, 0.15) is 74.9 Å². The standard InChI is InChI=1S/C37H34N4/c1-35(2)24-13-11-15-26-32(24)41-33-25(35)14-12-16-27(33)37(5,6)29-22-23(21-28(34(29)41)36(26,3)4)40(30-17-7-9-19-38-30)31-18-8-10-20-39-31/h7-22H,1-6H3. The van der Waals surface area contributed by atoms with E-state index in [2.05, 4.69) is 112 Å². The van der Waals surface area contributed by atoms with E-state index in [1.807, 2.05) is 36.7 Å². The Balaban J connectivity index is 1.50. The molecule has 0 saturated carbocycles. The SMILES string of the molecule is CC1(C)c2cccc3c2N2c4c1cccc4C(C)(C)c1cc(N(c4ccccn4)c4ccccn4)cc(c12)C3(C)C. The summed E-state index contributed by atoms with van der Waals surface area (Å²) in [6.45, 7) is 14.3. The van der Waals surface area contributed by atoms with Crippen LogP contribution in [0.15, 0.2) is 97.3 Å². The molecule has 4 heteroatoms. The summed E-state index contributed by atoms with van der Waals surface area (Å²) >= 11 is 0. The molecule has 4 nitrogen and oxygen atoms in total. The van der Waals surface area contributed by atoms with Crippen LogP contribution in [0.25, 0.3) is 0 Å². The second-order valence-corrected chi connectivity index (χ2v) is 13.2. The van der Waals surface area contributed by atoms with Crippen LogP contribution in [0.3, 0.4) is 0 Å². The summed E-state index contributed by atoms with van der Waals surface area (Å²) in [5.41, 5.74) is 12.8. The molecule has 0 saturated heterocycles. The summed E-state index contributed by atoms with van der Waals surface area (Å²) in [4.78, 5) is 14.4. The van der Waals surface area contributed by atoms with Crippen molar-refractivity contribution in [1.82, 2.24) is 9.97 Å². The van der Waals surface area contributed by atoms with Crippen molar-refractivity contribution in [3.63, 3.8) is 0 Å². The van der Waals surface area contributed by atoms with E-state index in [1.54, 1.807) is 0 Å². The first-order chi connectivity index (χ1) is 19.6. The Labute approximate surface area is 242 Å². The maximum atomic E-state index is 4.78. The number of pyridine rings is 2. The average Bonchev–Trinajstić information content (AvgIpc) is 2.97. The van der Waals surface area contributed by atoms with Gasteiger partial charge in [-0.1, -0.05) is 90.1 Å². The third kappa shape index (κ3) is 3.00. The first kappa shape index (κ1) is 24.4. The Morgan fingerprint density at radius 3 is 1.27 bits per heavy atom. The molecule has 0 radical (unpaired) electrons. The van der Waals surface area contributed by atoms with Crippen LogP contribution in [0, 0.1) is 0 Å². The van der Waals surface area contributed by atoms with Crippen molar-refractivity contribution in [2.75, 3.05) is 9.80 Å². The van der Waals surface area contributed by atoms with Crippen LogP contribution in [0.5, 0.6) is 0 Å². The topological polar surface area (TPSA) is 32.3 Å². The normalized spacial score (nSPS) is 17.6. The fourth-order valence-electron chi connectivity index (χ4n) is 7.65. The van der Waals surface area contributed by atoms with E-state index >= 15 is 0 Å². The smallest absolute Gasteiger partial charge is 0.138 e. The molecular formula is C37H34N4. The number of nitrogens with zero attached hydrogens (tertiary/aromatic N) is 4. The molecule has 5 heterocycles. The summed E-state index contributed by atoms with van der Waals surface area (Å²) in [5, 5.41) is 0. The zero-order valence-corrected chi connectivity index (χ0v) is 24.5. The highest BCUT2D eigenvalue weighted by Crippen LogP contribution is 2.66. The largest absolute Gasteiger partial charge is 0.309 e. The molecule has 8 rings (SSSR count). The number of benzene rings is 3. The fourth-order valence-corrected chi connectivity index (χ4v) is 7.65. The number of hydrogen-bond donors (Lipinski definition) is 0. The van der Waals surface area contributed by atoms with Gasteiger partial charge in [0.25, 0.3) is 0 Å². The quantitative estimate of drug-likeness (QED) is 0.231. The van der Waals surface area contributed by atoms with Crippen molar-refractivity contribution in [2.24, 2.45) is 0 Å². The van der Waals surface area contributed by atoms with Gasteiger partial charge in [-0.05, 0) is 69.8 Å². The molecule has 0 atom stereocenters. The lowest BCUT2D eigenvalue weighted by Gasteiger charge is -2.55. The van der Waals surface area contributed by atoms with Crippen molar-refractivity contribution in [3.8, 4) is 0 Å². The molecule has 5 aromatic rings. The molecule has 0 N–H and O–H groups in total. The van der Waals surface area contributed by atoms with E-state index in [0.717, 1.165) is 17.3 Å². The van der Waals surface area contributed by atoms with Gasteiger partial charge in [0.15, 0.2) is 0 Å². The number of hydrogen-bond acceptors (Lipinski definition) is 4. The maximum absolute atomic E-state index is 4.78. The van der Waals surface area contributed by atoms with Crippen LogP contribution in [-0.4, -0.2) is 9.97 Å². The number of para-hydroxylation sites is 2. The van der Waals surface area contributed by atoms with Gasteiger partial charge in [-0.3, -0.25) is 4.90 Å². The van der Waals surface area contributed by atoms with Gasteiger partial charge in [-0.15, -0.1) is 0 Å². The van der Waals surface area contributed by atoms with E-state index in [1.165, 1.54) is 50.4 Å². The molecule has 0 bridgehead atoms. The molecule has 3 aromatic carbocycles. The van der Waals surface area contributed by atoms with Crippen molar-refractivity contribution in [3.05, 3.63) is 131 Å². The Morgan fingerprint density at radius 1 is 0.488 bits per heavy atom.